The summed E-state index contributed by atoms with van der Waals surface area (Å²) in [6.07, 6.45) is -4.38. The lowest BCUT2D eigenvalue weighted by molar-refractivity contribution is -0.138. The molecule has 0 heterocycles. The van der Waals surface area contributed by atoms with E-state index in [4.69, 9.17) is 17.3 Å². The predicted molar refractivity (Wildman–Crippen MR) is 75.3 cm³/mol. The van der Waals surface area contributed by atoms with Crippen LogP contribution in [-0.2, 0) is 6.18 Å². The Morgan fingerprint density at radius 2 is 1.80 bits per heavy atom. The smallest absolute Gasteiger partial charge is 0.399 e. The van der Waals surface area contributed by atoms with Crippen LogP contribution in [0.1, 0.15) is 11.1 Å². The van der Waals surface area contributed by atoms with Crippen LogP contribution in [-0.4, -0.2) is 0 Å². The summed E-state index contributed by atoms with van der Waals surface area (Å²) in [7, 11) is 0. The largest absolute Gasteiger partial charge is 0.416 e. The lowest BCUT2D eigenvalue weighted by Crippen LogP contribution is -2.08. The number of alkyl halides is 3. The van der Waals surface area contributed by atoms with Crippen LogP contribution in [0.5, 0.6) is 0 Å². The van der Waals surface area contributed by atoms with E-state index in [1.165, 1.54) is 19.1 Å². The van der Waals surface area contributed by atoms with E-state index in [1.54, 1.807) is 18.2 Å². The Hall–Kier alpha value is -1.88. The van der Waals surface area contributed by atoms with Gasteiger partial charge in [-0.3, -0.25) is 0 Å². The maximum absolute atomic E-state index is 12.8. The topological polar surface area (TPSA) is 38.0 Å². The molecule has 0 aliphatic rings. The molecule has 0 amide bonds. The van der Waals surface area contributed by atoms with E-state index in [0.717, 1.165) is 6.07 Å². The molecule has 2 nitrogen and oxygen atoms in total. The molecule has 0 aromatic heterocycles. The first-order chi connectivity index (χ1) is 9.27. The molecule has 0 atom stereocenters. The fourth-order valence-electron chi connectivity index (χ4n) is 1.79. The van der Waals surface area contributed by atoms with Crippen LogP contribution in [0.2, 0.25) is 5.02 Å². The fourth-order valence-corrected chi connectivity index (χ4v) is 2.03. The lowest BCUT2D eigenvalue weighted by atomic mass is 10.1. The third kappa shape index (κ3) is 3.17. The number of aryl methyl sites for hydroxylation is 1. The van der Waals surface area contributed by atoms with Gasteiger partial charge in [-0.25, -0.2) is 0 Å². The van der Waals surface area contributed by atoms with Gasteiger partial charge in [-0.15, -0.1) is 0 Å². The highest BCUT2D eigenvalue weighted by molar-refractivity contribution is 6.33. The number of nitrogens with one attached hydrogen (secondary N) is 1. The second-order valence-corrected chi connectivity index (χ2v) is 4.80. The summed E-state index contributed by atoms with van der Waals surface area (Å²) in [6, 6.07) is 8.80. The Morgan fingerprint density at radius 3 is 2.40 bits per heavy atom. The highest BCUT2D eigenvalue weighted by Crippen LogP contribution is 2.35. The van der Waals surface area contributed by atoms with Gasteiger partial charge in [-0.05, 0) is 42.8 Å². The molecule has 6 heteroatoms. The van der Waals surface area contributed by atoms with E-state index in [2.05, 4.69) is 5.32 Å². The van der Waals surface area contributed by atoms with Crippen LogP contribution >= 0.6 is 11.6 Å². The van der Waals surface area contributed by atoms with Crippen LogP contribution in [0.15, 0.2) is 36.4 Å². The van der Waals surface area contributed by atoms with Gasteiger partial charge in [-0.1, -0.05) is 17.7 Å². The van der Waals surface area contributed by atoms with Gasteiger partial charge in [0.25, 0.3) is 0 Å². The molecular weight excluding hydrogens is 289 g/mol. The van der Waals surface area contributed by atoms with Crippen molar-refractivity contribution in [2.75, 3.05) is 11.1 Å². The minimum absolute atomic E-state index is 0.173. The average molecular weight is 301 g/mol. The van der Waals surface area contributed by atoms with Crippen molar-refractivity contribution in [2.45, 2.75) is 13.1 Å². The SMILES string of the molecule is Cc1ccc(Nc2ccc(N)cc2Cl)cc1C(F)(F)F. The summed E-state index contributed by atoms with van der Waals surface area (Å²) in [5, 5.41) is 3.20. The fraction of sp³-hybridized carbons (Fsp3) is 0.143. The maximum atomic E-state index is 12.8. The Balaban J connectivity index is 2.35. The number of anilines is 3. The molecule has 2 aromatic rings. The molecule has 0 aliphatic carbocycles. The number of nitrogens with two attached hydrogens (primary N) is 1. The first kappa shape index (κ1) is 14.5. The molecule has 0 saturated carbocycles. The van der Waals surface area contributed by atoms with Crippen molar-refractivity contribution in [3.05, 3.63) is 52.5 Å². The second kappa shape index (κ2) is 5.25. The van der Waals surface area contributed by atoms with Gasteiger partial charge < -0.3 is 11.1 Å². The van der Waals surface area contributed by atoms with Gasteiger partial charge in [0.15, 0.2) is 0 Å². The zero-order valence-corrected chi connectivity index (χ0v) is 11.3. The zero-order valence-electron chi connectivity index (χ0n) is 10.6. The summed E-state index contributed by atoms with van der Waals surface area (Å²) in [6.45, 7) is 1.42. The highest BCUT2D eigenvalue weighted by atomic mass is 35.5. The van der Waals surface area contributed by atoms with Crippen LogP contribution in [0.3, 0.4) is 0 Å². The van der Waals surface area contributed by atoms with Crippen molar-refractivity contribution in [3.63, 3.8) is 0 Å². The number of rotatable bonds is 2. The van der Waals surface area contributed by atoms with Crippen molar-refractivity contribution in [3.8, 4) is 0 Å². The van der Waals surface area contributed by atoms with Crippen molar-refractivity contribution in [1.82, 2.24) is 0 Å². The maximum Gasteiger partial charge on any atom is 0.416 e. The van der Waals surface area contributed by atoms with E-state index < -0.39 is 11.7 Å². The van der Waals surface area contributed by atoms with E-state index in [0.29, 0.717) is 22.1 Å². The van der Waals surface area contributed by atoms with Gasteiger partial charge in [0, 0.05) is 11.4 Å². The quantitative estimate of drug-likeness (QED) is 0.767. The second-order valence-electron chi connectivity index (χ2n) is 4.39. The molecule has 0 unspecified atom stereocenters. The summed E-state index contributed by atoms with van der Waals surface area (Å²) in [5.41, 5.74) is 6.36. The Morgan fingerprint density at radius 1 is 1.10 bits per heavy atom. The van der Waals surface area contributed by atoms with Crippen LogP contribution < -0.4 is 11.1 Å². The first-order valence-corrected chi connectivity index (χ1v) is 6.15. The third-order valence-corrected chi connectivity index (χ3v) is 3.13. The summed E-state index contributed by atoms with van der Waals surface area (Å²) in [4.78, 5) is 0. The number of halogens is 4. The Labute approximate surface area is 119 Å². The molecule has 2 aromatic carbocycles. The Kier molecular flexibility index (Phi) is 3.81. The average Bonchev–Trinajstić information content (AvgIpc) is 2.33. The van der Waals surface area contributed by atoms with E-state index >= 15 is 0 Å². The molecule has 0 saturated heterocycles. The van der Waals surface area contributed by atoms with Crippen molar-refractivity contribution in [2.24, 2.45) is 0 Å². The first-order valence-electron chi connectivity index (χ1n) is 5.77. The van der Waals surface area contributed by atoms with E-state index in [9.17, 15) is 13.2 Å². The molecule has 0 spiro atoms. The number of hydrogen-bond acceptors (Lipinski definition) is 2. The van der Waals surface area contributed by atoms with Crippen molar-refractivity contribution in [1.29, 1.82) is 0 Å². The molecule has 0 fully saturated rings. The van der Waals surface area contributed by atoms with Gasteiger partial charge in [0.05, 0.1) is 16.3 Å². The lowest BCUT2D eigenvalue weighted by Gasteiger charge is -2.14. The van der Waals surface area contributed by atoms with E-state index in [1.807, 2.05) is 0 Å². The summed E-state index contributed by atoms with van der Waals surface area (Å²) < 4.78 is 38.5. The molecule has 3 N–H and O–H groups in total. The van der Waals surface area contributed by atoms with Crippen LogP contribution in [0.4, 0.5) is 30.2 Å². The van der Waals surface area contributed by atoms with Crippen molar-refractivity contribution < 1.29 is 13.2 Å². The molecule has 0 radical (unpaired) electrons. The zero-order chi connectivity index (χ0) is 14.9. The number of nitrogen functional groups attached to an aromatic ring is 1. The standard InChI is InChI=1S/C14H12ClF3N2/c1-8-2-4-10(7-11(8)14(16,17)18)20-13-5-3-9(19)6-12(13)15/h2-7,20H,19H2,1H3. The molecule has 20 heavy (non-hydrogen) atoms. The van der Waals surface area contributed by atoms with Gasteiger partial charge in [0.1, 0.15) is 0 Å². The molecule has 106 valence electrons. The normalized spacial score (nSPS) is 11.4. The van der Waals surface area contributed by atoms with Crippen molar-refractivity contribution >= 4 is 28.7 Å². The summed E-state index contributed by atoms with van der Waals surface area (Å²) >= 11 is 5.98. The Bertz CT molecular complexity index is 639. The highest BCUT2D eigenvalue weighted by Gasteiger charge is 2.32. The minimum Gasteiger partial charge on any atom is -0.399 e. The molecular formula is C14H12ClF3N2. The minimum atomic E-state index is -4.38. The summed E-state index contributed by atoms with van der Waals surface area (Å²) in [5.74, 6) is 0. The monoisotopic (exact) mass is 300 g/mol. The van der Waals surface area contributed by atoms with Crippen LogP contribution in [0.25, 0.3) is 0 Å². The number of hydrogen-bond donors (Lipinski definition) is 2. The number of benzene rings is 2. The molecule has 2 rings (SSSR count). The van der Waals surface area contributed by atoms with Gasteiger partial charge in [0.2, 0.25) is 0 Å². The van der Waals surface area contributed by atoms with E-state index in [-0.39, 0.29) is 5.56 Å². The van der Waals surface area contributed by atoms with Gasteiger partial charge in [-0.2, -0.15) is 13.2 Å². The predicted octanol–water partition coefficient (Wildman–Crippen LogP) is 4.99. The van der Waals surface area contributed by atoms with Gasteiger partial charge >= 0.3 is 6.18 Å². The molecule has 0 aliphatic heterocycles. The molecule has 0 bridgehead atoms. The third-order valence-electron chi connectivity index (χ3n) is 2.82. The van der Waals surface area contributed by atoms with Crippen LogP contribution in [0, 0.1) is 6.92 Å².